The van der Waals surface area contributed by atoms with E-state index in [1.54, 1.807) is 29.1 Å². The Bertz CT molecular complexity index is 1190. The maximum absolute atomic E-state index is 12.8. The summed E-state index contributed by atoms with van der Waals surface area (Å²) in [5.41, 5.74) is 6.48. The van der Waals surface area contributed by atoms with Gasteiger partial charge in [0.15, 0.2) is 28.8 Å². The number of amides is 1. The van der Waals surface area contributed by atoms with Crippen molar-refractivity contribution < 1.29 is 18.4 Å². The lowest BCUT2D eigenvalue weighted by Gasteiger charge is -2.02. The maximum atomic E-state index is 12.8. The number of hydrogen-bond donors (Lipinski definition) is 2. The average Bonchev–Trinajstić information content (AvgIpc) is 3.48. The first kappa shape index (κ1) is 19.3. The first-order chi connectivity index (χ1) is 14.5. The first-order valence-electron chi connectivity index (χ1n) is 9.23. The molecular formula is C21H19N5O4. The van der Waals surface area contributed by atoms with E-state index in [0.717, 1.165) is 5.56 Å². The zero-order valence-corrected chi connectivity index (χ0v) is 16.2. The molecule has 0 spiro atoms. The van der Waals surface area contributed by atoms with Gasteiger partial charge in [0.25, 0.3) is 5.91 Å². The van der Waals surface area contributed by atoms with Crippen molar-refractivity contribution in [1.82, 2.24) is 14.8 Å². The molecule has 0 fully saturated rings. The minimum atomic E-state index is -0.459. The number of carbonyl (C=O) groups excluding carboxylic acids is 2. The lowest BCUT2D eigenvalue weighted by molar-refractivity contribution is 0.0983. The fourth-order valence-corrected chi connectivity index (χ4v) is 2.89. The molecule has 4 aromatic rings. The van der Waals surface area contributed by atoms with Crippen LogP contribution in [0.2, 0.25) is 0 Å². The van der Waals surface area contributed by atoms with Crippen LogP contribution in [0.3, 0.4) is 0 Å². The highest BCUT2D eigenvalue weighted by atomic mass is 16.4. The topological polar surface area (TPSA) is 129 Å². The van der Waals surface area contributed by atoms with Gasteiger partial charge < -0.3 is 19.9 Å². The molecule has 0 aliphatic rings. The second kappa shape index (κ2) is 8.18. The Hall–Kier alpha value is -3.98. The number of nitrogens with zero attached hydrogens (tertiary/aromatic N) is 3. The fourth-order valence-electron chi connectivity index (χ4n) is 2.89. The molecule has 0 aliphatic carbocycles. The Balaban J connectivity index is 1.51. The van der Waals surface area contributed by atoms with Gasteiger partial charge in [0.2, 0.25) is 5.89 Å². The van der Waals surface area contributed by atoms with Gasteiger partial charge in [0.05, 0.1) is 13.1 Å². The van der Waals surface area contributed by atoms with Gasteiger partial charge in [-0.05, 0) is 12.1 Å². The normalized spacial score (nSPS) is 10.9. The van der Waals surface area contributed by atoms with E-state index in [1.807, 2.05) is 30.3 Å². The van der Waals surface area contributed by atoms with Gasteiger partial charge in [-0.1, -0.05) is 30.3 Å². The molecule has 1 amide bonds. The predicted octanol–water partition coefficient (Wildman–Crippen LogP) is 3.09. The SMILES string of the molecule is CC(=O)c1ccc(Cn2ccc(NC(=O)c3nc(CN)oc3-c3ccccc3)n2)o1. The Morgan fingerprint density at radius 3 is 2.60 bits per heavy atom. The van der Waals surface area contributed by atoms with Crippen molar-refractivity contribution in [3.8, 4) is 11.3 Å². The van der Waals surface area contributed by atoms with Crippen LogP contribution in [0.15, 0.2) is 63.6 Å². The van der Waals surface area contributed by atoms with Gasteiger partial charge >= 0.3 is 0 Å². The largest absolute Gasteiger partial charge is 0.456 e. The smallest absolute Gasteiger partial charge is 0.279 e. The molecule has 3 aromatic heterocycles. The molecule has 4 rings (SSSR count). The average molecular weight is 405 g/mol. The third kappa shape index (κ3) is 4.06. The molecule has 9 heteroatoms. The van der Waals surface area contributed by atoms with Crippen molar-refractivity contribution in [2.24, 2.45) is 5.73 Å². The van der Waals surface area contributed by atoms with E-state index < -0.39 is 5.91 Å². The minimum absolute atomic E-state index is 0.0765. The zero-order valence-electron chi connectivity index (χ0n) is 16.2. The summed E-state index contributed by atoms with van der Waals surface area (Å²) in [5, 5.41) is 7.03. The number of Topliss-reactive ketones (excluding diaryl/α,β-unsaturated/α-hetero) is 1. The summed E-state index contributed by atoms with van der Waals surface area (Å²) in [5.74, 6) is 1.23. The molecule has 3 N–H and O–H groups in total. The van der Waals surface area contributed by atoms with Crippen LogP contribution < -0.4 is 11.1 Å². The summed E-state index contributed by atoms with van der Waals surface area (Å²) in [6.45, 7) is 1.83. The highest BCUT2D eigenvalue weighted by Gasteiger charge is 2.21. The molecule has 0 aliphatic heterocycles. The minimum Gasteiger partial charge on any atom is -0.456 e. The lowest BCUT2D eigenvalue weighted by atomic mass is 10.1. The molecule has 0 saturated heterocycles. The Morgan fingerprint density at radius 2 is 1.90 bits per heavy atom. The molecule has 0 atom stereocenters. The van der Waals surface area contributed by atoms with E-state index in [0.29, 0.717) is 29.6 Å². The second-order valence-electron chi connectivity index (χ2n) is 6.53. The number of benzene rings is 1. The molecule has 0 saturated carbocycles. The van der Waals surface area contributed by atoms with Gasteiger partial charge in [0.1, 0.15) is 5.76 Å². The summed E-state index contributed by atoms with van der Waals surface area (Å²) in [6.07, 6.45) is 1.69. The highest BCUT2D eigenvalue weighted by molar-refractivity contribution is 6.06. The molecular weight excluding hydrogens is 386 g/mol. The molecule has 0 radical (unpaired) electrons. The maximum Gasteiger partial charge on any atom is 0.279 e. The highest BCUT2D eigenvalue weighted by Crippen LogP contribution is 2.25. The summed E-state index contributed by atoms with van der Waals surface area (Å²) < 4.78 is 12.7. The number of ketones is 1. The zero-order chi connectivity index (χ0) is 21.1. The van der Waals surface area contributed by atoms with Gasteiger partial charge in [-0.2, -0.15) is 5.10 Å². The van der Waals surface area contributed by atoms with Gasteiger partial charge in [-0.15, -0.1) is 0 Å². The van der Waals surface area contributed by atoms with Gasteiger partial charge in [-0.3, -0.25) is 14.3 Å². The molecule has 3 heterocycles. The number of aromatic nitrogens is 3. The third-order valence-electron chi connectivity index (χ3n) is 4.31. The summed E-state index contributed by atoms with van der Waals surface area (Å²) in [4.78, 5) is 28.4. The van der Waals surface area contributed by atoms with Crippen LogP contribution >= 0.6 is 0 Å². The van der Waals surface area contributed by atoms with Crippen LogP contribution in [0.1, 0.15) is 39.6 Å². The van der Waals surface area contributed by atoms with Crippen molar-refractivity contribution in [2.45, 2.75) is 20.0 Å². The Morgan fingerprint density at radius 1 is 1.10 bits per heavy atom. The Labute approximate surface area is 171 Å². The van der Waals surface area contributed by atoms with Crippen LogP contribution in [0.25, 0.3) is 11.3 Å². The quantitative estimate of drug-likeness (QED) is 0.452. The summed E-state index contributed by atoms with van der Waals surface area (Å²) >= 11 is 0. The molecule has 152 valence electrons. The number of nitrogens with one attached hydrogen (secondary N) is 1. The standard InChI is InChI=1S/C21H19N5O4/c1-13(27)16-8-7-15(29-16)12-26-10-9-17(25-26)23-21(28)19-20(30-18(11-22)24-19)14-5-3-2-4-6-14/h2-10H,11-12,22H2,1H3,(H,23,25,28). The third-order valence-corrected chi connectivity index (χ3v) is 4.31. The van der Waals surface area contributed by atoms with Gasteiger partial charge in [0, 0.05) is 24.8 Å². The van der Waals surface area contributed by atoms with Crippen LogP contribution in [0.4, 0.5) is 5.82 Å². The van der Waals surface area contributed by atoms with Crippen LogP contribution in [-0.2, 0) is 13.1 Å². The lowest BCUT2D eigenvalue weighted by Crippen LogP contribution is -2.14. The van der Waals surface area contributed by atoms with E-state index >= 15 is 0 Å². The van der Waals surface area contributed by atoms with Crippen LogP contribution in [0.5, 0.6) is 0 Å². The number of oxazole rings is 1. The van der Waals surface area contributed by atoms with Crippen molar-refractivity contribution >= 4 is 17.5 Å². The number of hydrogen-bond acceptors (Lipinski definition) is 7. The van der Waals surface area contributed by atoms with E-state index in [9.17, 15) is 9.59 Å². The molecule has 0 bridgehead atoms. The second-order valence-corrected chi connectivity index (χ2v) is 6.53. The molecule has 1 aromatic carbocycles. The predicted molar refractivity (Wildman–Crippen MR) is 108 cm³/mol. The van der Waals surface area contributed by atoms with E-state index in [-0.39, 0.29) is 23.9 Å². The number of carbonyl (C=O) groups is 2. The first-order valence-corrected chi connectivity index (χ1v) is 9.23. The van der Waals surface area contributed by atoms with Crippen molar-refractivity contribution in [3.05, 3.63) is 77.8 Å². The monoisotopic (exact) mass is 405 g/mol. The number of furan rings is 1. The van der Waals surface area contributed by atoms with Crippen molar-refractivity contribution in [2.75, 3.05) is 5.32 Å². The summed E-state index contributed by atoms with van der Waals surface area (Å²) in [7, 11) is 0. The fraction of sp³-hybridized carbons (Fsp3) is 0.143. The number of rotatable bonds is 7. The van der Waals surface area contributed by atoms with Crippen molar-refractivity contribution in [1.29, 1.82) is 0 Å². The van der Waals surface area contributed by atoms with Crippen LogP contribution in [-0.4, -0.2) is 26.5 Å². The summed E-state index contributed by atoms with van der Waals surface area (Å²) in [6, 6.07) is 14.2. The molecule has 30 heavy (non-hydrogen) atoms. The Kier molecular flexibility index (Phi) is 5.27. The molecule has 9 nitrogen and oxygen atoms in total. The van der Waals surface area contributed by atoms with E-state index in [4.69, 9.17) is 14.6 Å². The van der Waals surface area contributed by atoms with Gasteiger partial charge in [-0.25, -0.2) is 4.98 Å². The molecule has 0 unspecified atom stereocenters. The van der Waals surface area contributed by atoms with E-state index in [2.05, 4.69) is 15.4 Å². The van der Waals surface area contributed by atoms with E-state index in [1.165, 1.54) is 6.92 Å². The van der Waals surface area contributed by atoms with Crippen molar-refractivity contribution in [3.63, 3.8) is 0 Å². The number of anilines is 1. The number of nitrogens with two attached hydrogens (primary N) is 1. The van der Waals surface area contributed by atoms with Crippen LogP contribution in [0, 0.1) is 0 Å².